The van der Waals surface area contributed by atoms with E-state index in [1.165, 1.54) is 12.1 Å². The molecular weight excluding hydrogens is 363 g/mol. The molecule has 108 valence electrons. The van der Waals surface area contributed by atoms with Gasteiger partial charge in [0.1, 0.15) is 23.3 Å². The molecule has 21 heavy (non-hydrogen) atoms. The average molecular weight is 372 g/mol. The minimum atomic E-state index is -0.380. The van der Waals surface area contributed by atoms with Gasteiger partial charge in [-0.25, -0.2) is 14.4 Å². The summed E-state index contributed by atoms with van der Waals surface area (Å²) in [5, 5.41) is 5.06. The van der Waals surface area contributed by atoms with Gasteiger partial charge in [0.05, 0.1) is 16.1 Å². The molecule has 0 saturated heterocycles. The van der Waals surface area contributed by atoms with E-state index < -0.39 is 0 Å². The smallest absolute Gasteiger partial charge is 0.170 e. The Morgan fingerprint density at radius 1 is 1.38 bits per heavy atom. The Morgan fingerprint density at radius 3 is 3.00 bits per heavy atom. The lowest BCUT2D eigenvalue weighted by atomic mass is 10.3. The molecule has 0 saturated carbocycles. The van der Waals surface area contributed by atoms with E-state index in [9.17, 15) is 4.39 Å². The van der Waals surface area contributed by atoms with Crippen LogP contribution in [-0.2, 0) is 13.7 Å². The third kappa shape index (κ3) is 2.84. The molecular formula is C13H9BrClFN4O. The summed E-state index contributed by atoms with van der Waals surface area (Å²) in [4.78, 5) is 8.48. The summed E-state index contributed by atoms with van der Waals surface area (Å²) < 4.78 is 21.0. The first-order chi connectivity index (χ1) is 10.0. The first-order valence-electron chi connectivity index (χ1n) is 5.96. The molecule has 0 aliphatic heterocycles. The maximum atomic E-state index is 13.2. The zero-order valence-corrected chi connectivity index (χ0v) is 13.2. The molecule has 0 N–H and O–H groups in total. The van der Waals surface area contributed by atoms with Gasteiger partial charge in [0.25, 0.3) is 0 Å². The van der Waals surface area contributed by atoms with Crippen LogP contribution < -0.4 is 4.74 Å². The molecule has 2 heterocycles. The largest absolute Gasteiger partial charge is 0.484 e. The summed E-state index contributed by atoms with van der Waals surface area (Å²) in [5.41, 5.74) is 0.618. The molecule has 0 unspecified atom stereocenters. The van der Waals surface area contributed by atoms with Gasteiger partial charge in [0.15, 0.2) is 11.5 Å². The summed E-state index contributed by atoms with van der Waals surface area (Å²) in [6.07, 6.45) is 1.60. The van der Waals surface area contributed by atoms with Gasteiger partial charge in [0.2, 0.25) is 0 Å². The Morgan fingerprint density at radius 2 is 2.19 bits per heavy atom. The quantitative estimate of drug-likeness (QED) is 0.661. The van der Waals surface area contributed by atoms with Crippen molar-refractivity contribution in [1.82, 2.24) is 19.7 Å². The lowest BCUT2D eigenvalue weighted by molar-refractivity contribution is 0.293. The van der Waals surface area contributed by atoms with Gasteiger partial charge in [-0.15, -0.1) is 0 Å². The lowest BCUT2D eigenvalue weighted by Crippen LogP contribution is -2.04. The topological polar surface area (TPSA) is 52.8 Å². The van der Waals surface area contributed by atoms with Crippen LogP contribution in [0.1, 0.15) is 5.82 Å². The summed E-state index contributed by atoms with van der Waals surface area (Å²) in [5.74, 6) is 0.390. The molecule has 5 nitrogen and oxygen atoms in total. The normalized spacial score (nSPS) is 11.0. The van der Waals surface area contributed by atoms with Crippen molar-refractivity contribution in [2.24, 2.45) is 7.05 Å². The SMILES string of the molecule is Cn1ncc2c(Cl)nc(COc3cc(F)ccc3Br)nc21. The number of aryl methyl sites for hydroxylation is 1. The van der Waals surface area contributed by atoms with Crippen LogP contribution in [0.15, 0.2) is 28.9 Å². The Balaban J connectivity index is 1.88. The van der Waals surface area contributed by atoms with Crippen LogP contribution in [0.2, 0.25) is 5.15 Å². The minimum Gasteiger partial charge on any atom is -0.484 e. The number of benzene rings is 1. The molecule has 0 bridgehead atoms. The molecule has 2 aromatic heterocycles. The molecule has 8 heteroatoms. The Kier molecular flexibility index (Phi) is 3.77. The molecule has 0 aliphatic rings. The van der Waals surface area contributed by atoms with E-state index >= 15 is 0 Å². The fourth-order valence-corrected chi connectivity index (χ4v) is 2.42. The Hall–Kier alpha value is -1.73. The van der Waals surface area contributed by atoms with Crippen molar-refractivity contribution >= 4 is 38.6 Å². The van der Waals surface area contributed by atoms with Crippen molar-refractivity contribution < 1.29 is 9.13 Å². The second kappa shape index (κ2) is 5.57. The molecule has 1 aromatic carbocycles. The van der Waals surface area contributed by atoms with Crippen molar-refractivity contribution in [3.63, 3.8) is 0 Å². The number of rotatable bonds is 3. The average Bonchev–Trinajstić information content (AvgIpc) is 2.82. The predicted molar refractivity (Wildman–Crippen MR) is 79.7 cm³/mol. The van der Waals surface area contributed by atoms with Crippen LogP contribution in [0.3, 0.4) is 0 Å². The van der Waals surface area contributed by atoms with Crippen molar-refractivity contribution in [1.29, 1.82) is 0 Å². The van der Waals surface area contributed by atoms with Crippen LogP contribution >= 0.6 is 27.5 Å². The van der Waals surface area contributed by atoms with Crippen LogP contribution in [0.4, 0.5) is 4.39 Å². The summed E-state index contributed by atoms with van der Waals surface area (Å²) in [6, 6.07) is 4.20. The van der Waals surface area contributed by atoms with Gasteiger partial charge in [0, 0.05) is 13.1 Å². The van der Waals surface area contributed by atoms with Gasteiger partial charge in [-0.3, -0.25) is 4.68 Å². The summed E-state index contributed by atoms with van der Waals surface area (Å²) in [7, 11) is 1.76. The highest BCUT2D eigenvalue weighted by Gasteiger charge is 2.11. The molecule has 3 rings (SSSR count). The van der Waals surface area contributed by atoms with Gasteiger partial charge in [-0.2, -0.15) is 5.10 Å². The zero-order chi connectivity index (χ0) is 15.0. The summed E-state index contributed by atoms with van der Waals surface area (Å²) in [6.45, 7) is 0.0723. The standard InChI is InChI=1S/C13H9BrClFN4O/c1-20-13-8(5-17-20)12(15)18-11(19-13)6-21-10-4-7(16)2-3-9(10)14/h2-5H,6H2,1H3. The second-order valence-corrected chi connectivity index (χ2v) is 5.51. The Labute approximate surface area is 132 Å². The van der Waals surface area contributed by atoms with E-state index in [0.717, 1.165) is 0 Å². The van der Waals surface area contributed by atoms with Crippen molar-refractivity contribution in [2.45, 2.75) is 6.61 Å². The van der Waals surface area contributed by atoms with Crippen LogP contribution in [0, 0.1) is 5.82 Å². The van der Waals surface area contributed by atoms with E-state index in [2.05, 4.69) is 31.0 Å². The van der Waals surface area contributed by atoms with Gasteiger partial charge < -0.3 is 4.74 Å². The maximum absolute atomic E-state index is 13.2. The molecule has 0 radical (unpaired) electrons. The number of hydrogen-bond acceptors (Lipinski definition) is 4. The van der Waals surface area contributed by atoms with Crippen LogP contribution in [-0.4, -0.2) is 19.7 Å². The fourth-order valence-electron chi connectivity index (χ4n) is 1.82. The predicted octanol–water partition coefficient (Wildman–Crippen LogP) is 3.50. The first kappa shape index (κ1) is 14.2. The third-order valence-corrected chi connectivity index (χ3v) is 3.79. The van der Waals surface area contributed by atoms with Crippen molar-refractivity contribution in [3.05, 3.63) is 45.7 Å². The molecule has 0 atom stereocenters. The van der Waals surface area contributed by atoms with Crippen molar-refractivity contribution in [2.75, 3.05) is 0 Å². The number of fused-ring (bicyclic) bond motifs is 1. The highest BCUT2D eigenvalue weighted by Crippen LogP contribution is 2.26. The molecule has 0 fully saturated rings. The highest BCUT2D eigenvalue weighted by molar-refractivity contribution is 9.10. The zero-order valence-electron chi connectivity index (χ0n) is 10.8. The van der Waals surface area contributed by atoms with Gasteiger partial charge in [-0.1, -0.05) is 11.6 Å². The number of nitrogens with zero attached hydrogens (tertiary/aromatic N) is 4. The number of aromatic nitrogens is 4. The number of hydrogen-bond donors (Lipinski definition) is 0. The second-order valence-electron chi connectivity index (χ2n) is 4.30. The molecule has 0 aliphatic carbocycles. The molecule has 0 amide bonds. The molecule has 3 aromatic rings. The van der Waals surface area contributed by atoms with E-state index in [1.807, 2.05) is 0 Å². The minimum absolute atomic E-state index is 0.0723. The van der Waals surface area contributed by atoms with Crippen molar-refractivity contribution in [3.8, 4) is 5.75 Å². The monoisotopic (exact) mass is 370 g/mol. The molecule has 0 spiro atoms. The van der Waals surface area contributed by atoms with E-state index in [4.69, 9.17) is 16.3 Å². The number of halogens is 3. The van der Waals surface area contributed by atoms with Crippen LogP contribution in [0.5, 0.6) is 5.75 Å². The highest BCUT2D eigenvalue weighted by atomic mass is 79.9. The van der Waals surface area contributed by atoms with E-state index in [0.29, 0.717) is 32.2 Å². The Bertz CT molecular complexity index is 823. The third-order valence-electron chi connectivity index (χ3n) is 2.84. The van der Waals surface area contributed by atoms with Crippen LogP contribution in [0.25, 0.3) is 11.0 Å². The van der Waals surface area contributed by atoms with Gasteiger partial charge in [-0.05, 0) is 28.1 Å². The number of ether oxygens (including phenoxy) is 1. The van der Waals surface area contributed by atoms with E-state index in [1.54, 1.807) is 24.0 Å². The first-order valence-corrected chi connectivity index (χ1v) is 7.13. The van der Waals surface area contributed by atoms with E-state index in [-0.39, 0.29) is 12.4 Å². The van der Waals surface area contributed by atoms with Gasteiger partial charge >= 0.3 is 0 Å². The lowest BCUT2D eigenvalue weighted by Gasteiger charge is -2.08. The maximum Gasteiger partial charge on any atom is 0.170 e. The summed E-state index contributed by atoms with van der Waals surface area (Å²) >= 11 is 9.38. The fraction of sp³-hybridized carbons (Fsp3) is 0.154.